The molecule has 1 aliphatic heterocycles. The lowest BCUT2D eigenvalue weighted by Crippen LogP contribution is -2.37. The van der Waals surface area contributed by atoms with Gasteiger partial charge in [0.15, 0.2) is 0 Å². The van der Waals surface area contributed by atoms with E-state index < -0.39 is 6.17 Å². The zero-order valence-corrected chi connectivity index (χ0v) is 9.98. The smallest absolute Gasteiger partial charge is 0.132 e. The average Bonchev–Trinajstić information content (AvgIpc) is 2.27. The maximum Gasteiger partial charge on any atom is 0.132 e. The van der Waals surface area contributed by atoms with Crippen molar-refractivity contribution >= 4 is 5.82 Å². The Morgan fingerprint density at radius 1 is 1.18 bits per heavy atom. The molecule has 2 aliphatic rings. The molecule has 1 saturated carbocycles. The van der Waals surface area contributed by atoms with Crippen LogP contribution in [0, 0.1) is 0 Å². The molecule has 3 nitrogen and oxygen atoms in total. The molecule has 92 valence electrons. The highest BCUT2D eigenvalue weighted by molar-refractivity contribution is 5.40. The van der Waals surface area contributed by atoms with Crippen LogP contribution in [0.2, 0.25) is 0 Å². The molecule has 0 N–H and O–H groups in total. The van der Waals surface area contributed by atoms with E-state index in [0.717, 1.165) is 24.5 Å². The minimum absolute atomic E-state index is 0.487. The number of alkyl halides is 1. The molecule has 1 unspecified atom stereocenters. The van der Waals surface area contributed by atoms with Crippen LogP contribution in [-0.4, -0.2) is 29.2 Å². The fraction of sp³-hybridized carbons (Fsp3) is 0.692. The highest BCUT2D eigenvalue weighted by atomic mass is 19.1. The van der Waals surface area contributed by atoms with Crippen LogP contribution < -0.4 is 4.90 Å². The maximum absolute atomic E-state index is 13.4. The van der Waals surface area contributed by atoms with Crippen LogP contribution in [0.1, 0.15) is 43.7 Å². The molecular weight excluding hydrogens is 217 g/mol. The molecule has 2 heterocycles. The third kappa shape index (κ3) is 2.26. The van der Waals surface area contributed by atoms with E-state index >= 15 is 0 Å². The minimum atomic E-state index is -0.703. The first-order valence-corrected chi connectivity index (χ1v) is 6.54. The fourth-order valence-electron chi connectivity index (χ4n) is 2.60. The number of aromatic nitrogens is 2. The number of hydrogen-bond donors (Lipinski definition) is 0. The number of nitrogens with zero attached hydrogens (tertiary/aromatic N) is 3. The molecule has 1 saturated heterocycles. The van der Waals surface area contributed by atoms with Gasteiger partial charge in [-0.2, -0.15) is 0 Å². The third-order valence-corrected chi connectivity index (χ3v) is 3.89. The van der Waals surface area contributed by atoms with Crippen molar-refractivity contribution in [3.63, 3.8) is 0 Å². The molecule has 2 fully saturated rings. The van der Waals surface area contributed by atoms with E-state index in [4.69, 9.17) is 0 Å². The SMILES string of the molecule is FC1CCCN(c2cc(C3CCC3)ncn2)C1. The molecule has 0 amide bonds. The zero-order valence-electron chi connectivity index (χ0n) is 9.98. The Balaban J connectivity index is 1.77. The maximum atomic E-state index is 13.4. The van der Waals surface area contributed by atoms with Crippen molar-refractivity contribution in [3.05, 3.63) is 18.1 Å². The van der Waals surface area contributed by atoms with Crippen LogP contribution in [0.3, 0.4) is 0 Å². The zero-order chi connectivity index (χ0) is 11.7. The van der Waals surface area contributed by atoms with Crippen LogP contribution in [0.4, 0.5) is 10.2 Å². The Morgan fingerprint density at radius 2 is 2.06 bits per heavy atom. The largest absolute Gasteiger partial charge is 0.354 e. The second-order valence-corrected chi connectivity index (χ2v) is 5.11. The van der Waals surface area contributed by atoms with Gasteiger partial charge in [0.25, 0.3) is 0 Å². The fourth-order valence-corrected chi connectivity index (χ4v) is 2.60. The van der Waals surface area contributed by atoms with Gasteiger partial charge in [0.2, 0.25) is 0 Å². The van der Waals surface area contributed by atoms with Crippen LogP contribution in [-0.2, 0) is 0 Å². The molecule has 1 aromatic rings. The molecule has 1 aromatic heterocycles. The van der Waals surface area contributed by atoms with E-state index in [0.29, 0.717) is 18.9 Å². The van der Waals surface area contributed by atoms with E-state index in [2.05, 4.69) is 20.9 Å². The van der Waals surface area contributed by atoms with Gasteiger partial charge >= 0.3 is 0 Å². The van der Waals surface area contributed by atoms with Gasteiger partial charge in [0, 0.05) is 24.2 Å². The van der Waals surface area contributed by atoms with Crippen molar-refractivity contribution in [3.8, 4) is 0 Å². The number of rotatable bonds is 2. The lowest BCUT2D eigenvalue weighted by atomic mass is 9.83. The lowest BCUT2D eigenvalue weighted by Gasteiger charge is -2.31. The number of hydrogen-bond acceptors (Lipinski definition) is 3. The highest BCUT2D eigenvalue weighted by Gasteiger charge is 2.24. The summed E-state index contributed by atoms with van der Waals surface area (Å²) >= 11 is 0. The highest BCUT2D eigenvalue weighted by Crippen LogP contribution is 2.36. The first-order valence-electron chi connectivity index (χ1n) is 6.54. The molecule has 0 spiro atoms. The quantitative estimate of drug-likeness (QED) is 0.789. The van der Waals surface area contributed by atoms with Crippen molar-refractivity contribution in [2.75, 3.05) is 18.0 Å². The first kappa shape index (κ1) is 10.9. The van der Waals surface area contributed by atoms with Crippen LogP contribution in [0.5, 0.6) is 0 Å². The summed E-state index contributed by atoms with van der Waals surface area (Å²) in [6, 6.07) is 2.06. The van der Waals surface area contributed by atoms with Crippen molar-refractivity contribution in [1.29, 1.82) is 0 Å². The van der Waals surface area contributed by atoms with Crippen molar-refractivity contribution in [2.45, 2.75) is 44.2 Å². The van der Waals surface area contributed by atoms with Crippen molar-refractivity contribution in [2.24, 2.45) is 0 Å². The van der Waals surface area contributed by atoms with Crippen molar-refractivity contribution < 1.29 is 4.39 Å². The number of halogens is 1. The summed E-state index contributed by atoms with van der Waals surface area (Å²) in [4.78, 5) is 10.7. The van der Waals surface area contributed by atoms with E-state index in [1.807, 2.05) is 0 Å². The van der Waals surface area contributed by atoms with Gasteiger partial charge in [-0.25, -0.2) is 14.4 Å². The van der Waals surface area contributed by atoms with Gasteiger partial charge in [0.1, 0.15) is 18.3 Å². The van der Waals surface area contributed by atoms with Gasteiger partial charge in [0.05, 0.1) is 6.54 Å². The van der Waals surface area contributed by atoms with E-state index in [9.17, 15) is 4.39 Å². The summed E-state index contributed by atoms with van der Waals surface area (Å²) < 4.78 is 13.4. The van der Waals surface area contributed by atoms with Crippen molar-refractivity contribution in [1.82, 2.24) is 9.97 Å². The van der Waals surface area contributed by atoms with Gasteiger partial charge in [-0.1, -0.05) is 6.42 Å². The molecule has 4 heteroatoms. The Morgan fingerprint density at radius 3 is 2.76 bits per heavy atom. The monoisotopic (exact) mass is 235 g/mol. The Labute approximate surface area is 101 Å². The number of piperidine rings is 1. The summed E-state index contributed by atoms with van der Waals surface area (Å²) in [5.74, 6) is 1.52. The summed E-state index contributed by atoms with van der Waals surface area (Å²) in [6.07, 6.45) is 6.32. The normalized spacial score (nSPS) is 25.7. The average molecular weight is 235 g/mol. The third-order valence-electron chi connectivity index (χ3n) is 3.89. The van der Waals surface area contributed by atoms with E-state index in [1.54, 1.807) is 6.33 Å². The summed E-state index contributed by atoms with van der Waals surface area (Å²) in [5.41, 5.74) is 1.14. The predicted octanol–water partition coefficient (Wildman–Crippen LogP) is 2.68. The predicted molar refractivity (Wildman–Crippen MR) is 65.0 cm³/mol. The lowest BCUT2D eigenvalue weighted by molar-refractivity contribution is 0.286. The molecular formula is C13H18FN3. The van der Waals surface area contributed by atoms with Gasteiger partial charge in [-0.15, -0.1) is 0 Å². The second-order valence-electron chi connectivity index (χ2n) is 5.11. The number of anilines is 1. The van der Waals surface area contributed by atoms with Gasteiger partial charge in [-0.05, 0) is 25.7 Å². The summed E-state index contributed by atoms with van der Waals surface area (Å²) in [5, 5.41) is 0. The van der Waals surface area contributed by atoms with Gasteiger partial charge < -0.3 is 4.90 Å². The summed E-state index contributed by atoms with van der Waals surface area (Å²) in [6.45, 7) is 1.41. The first-order chi connectivity index (χ1) is 8.33. The molecule has 1 aliphatic carbocycles. The molecule has 0 radical (unpaired) electrons. The van der Waals surface area contributed by atoms with Crippen LogP contribution >= 0.6 is 0 Å². The molecule has 3 rings (SSSR count). The van der Waals surface area contributed by atoms with E-state index in [-0.39, 0.29) is 0 Å². The van der Waals surface area contributed by atoms with Crippen LogP contribution in [0.15, 0.2) is 12.4 Å². The molecule has 0 bridgehead atoms. The topological polar surface area (TPSA) is 29.0 Å². The Bertz CT molecular complexity index is 392. The van der Waals surface area contributed by atoms with Gasteiger partial charge in [-0.3, -0.25) is 0 Å². The molecule has 17 heavy (non-hydrogen) atoms. The molecule has 1 atom stereocenters. The molecule has 0 aromatic carbocycles. The Hall–Kier alpha value is -1.19. The standard InChI is InChI=1S/C13H18FN3/c14-11-5-2-6-17(8-11)13-7-12(15-9-16-13)10-3-1-4-10/h7,9-11H,1-6,8H2. The summed E-state index contributed by atoms with van der Waals surface area (Å²) in [7, 11) is 0. The second kappa shape index (κ2) is 4.59. The minimum Gasteiger partial charge on any atom is -0.354 e. The van der Waals surface area contributed by atoms with Crippen LogP contribution in [0.25, 0.3) is 0 Å². The van der Waals surface area contributed by atoms with E-state index in [1.165, 1.54) is 19.3 Å². The Kier molecular flexibility index (Phi) is 2.95.